The Morgan fingerprint density at radius 1 is 1.53 bits per heavy atom. The quantitative estimate of drug-likeness (QED) is 0.761. The molecule has 8 nitrogen and oxygen atoms in total. The fourth-order valence-corrected chi connectivity index (χ4v) is 2.07. The highest BCUT2D eigenvalue weighted by Gasteiger charge is 2.12. The van der Waals surface area contributed by atoms with Crippen LogP contribution in [0.15, 0.2) is 27.5 Å². The Kier molecular flexibility index (Phi) is 2.80. The van der Waals surface area contributed by atoms with Crippen LogP contribution >= 0.6 is 11.3 Å². The highest BCUT2D eigenvalue weighted by molar-refractivity contribution is 7.08. The van der Waals surface area contributed by atoms with Crippen LogP contribution in [0.4, 0.5) is 0 Å². The summed E-state index contributed by atoms with van der Waals surface area (Å²) >= 11 is 1.54. The van der Waals surface area contributed by atoms with Gasteiger partial charge in [0.05, 0.1) is 6.20 Å². The van der Waals surface area contributed by atoms with E-state index >= 15 is 0 Å². The number of carbonyl (C=O) groups is 1. The van der Waals surface area contributed by atoms with Crippen molar-refractivity contribution in [2.75, 3.05) is 0 Å². The summed E-state index contributed by atoms with van der Waals surface area (Å²) in [4.78, 5) is 14.9. The van der Waals surface area contributed by atoms with Crippen LogP contribution in [0.5, 0.6) is 0 Å². The molecular weight excluding hydrogens is 270 g/mol. The Morgan fingerprint density at radius 3 is 3.11 bits per heavy atom. The fraction of sp³-hybridized carbons (Fsp3) is 0.100. The standard InChI is InChI=1S/C10H7N5O3S/c16-10(17)7-3-15(14-12-7)4-8-11-9(13-18-8)6-1-2-19-5-6/h1-3,5H,4H2,(H,16,17). The zero-order chi connectivity index (χ0) is 13.2. The number of rotatable bonds is 4. The summed E-state index contributed by atoms with van der Waals surface area (Å²) in [6.07, 6.45) is 1.30. The Hall–Kier alpha value is -2.55. The van der Waals surface area contributed by atoms with E-state index in [4.69, 9.17) is 9.63 Å². The molecular formula is C10H7N5O3S. The van der Waals surface area contributed by atoms with Gasteiger partial charge in [-0.2, -0.15) is 16.3 Å². The van der Waals surface area contributed by atoms with Gasteiger partial charge in [0.15, 0.2) is 5.69 Å². The first-order chi connectivity index (χ1) is 9.22. The highest BCUT2D eigenvalue weighted by Crippen LogP contribution is 2.18. The lowest BCUT2D eigenvalue weighted by Crippen LogP contribution is -2.00. The first-order valence-electron chi connectivity index (χ1n) is 5.21. The summed E-state index contributed by atoms with van der Waals surface area (Å²) in [5, 5.41) is 23.6. The van der Waals surface area contributed by atoms with Gasteiger partial charge >= 0.3 is 5.97 Å². The van der Waals surface area contributed by atoms with Crippen LogP contribution in [0.2, 0.25) is 0 Å². The Balaban J connectivity index is 1.78. The van der Waals surface area contributed by atoms with Crippen LogP contribution in [0, 0.1) is 0 Å². The monoisotopic (exact) mass is 277 g/mol. The summed E-state index contributed by atoms with van der Waals surface area (Å²) in [5.41, 5.74) is 0.752. The number of aromatic carboxylic acids is 1. The Labute approximate surface area is 110 Å². The molecule has 0 atom stereocenters. The summed E-state index contributed by atoms with van der Waals surface area (Å²) in [5.74, 6) is -0.298. The van der Waals surface area contributed by atoms with E-state index in [2.05, 4.69) is 20.5 Å². The lowest BCUT2D eigenvalue weighted by molar-refractivity contribution is 0.0690. The summed E-state index contributed by atoms with van der Waals surface area (Å²) < 4.78 is 6.40. The maximum Gasteiger partial charge on any atom is 0.358 e. The number of thiophene rings is 1. The smallest absolute Gasteiger partial charge is 0.358 e. The van der Waals surface area contributed by atoms with Gasteiger partial charge in [0, 0.05) is 10.9 Å². The molecule has 3 heterocycles. The summed E-state index contributed by atoms with van der Waals surface area (Å²) in [6.45, 7) is 0.178. The summed E-state index contributed by atoms with van der Waals surface area (Å²) in [7, 11) is 0. The van der Waals surface area contributed by atoms with Crippen molar-refractivity contribution in [1.82, 2.24) is 25.1 Å². The second-order valence-corrected chi connectivity index (χ2v) is 4.41. The first kappa shape index (κ1) is 11.5. The molecule has 96 valence electrons. The van der Waals surface area contributed by atoms with Gasteiger partial charge in [-0.05, 0) is 11.4 Å². The van der Waals surface area contributed by atoms with Crippen molar-refractivity contribution in [3.63, 3.8) is 0 Å². The molecule has 0 spiro atoms. The molecule has 3 aromatic rings. The average Bonchev–Trinajstić information content (AvgIpc) is 3.09. The van der Waals surface area contributed by atoms with Crippen molar-refractivity contribution in [2.45, 2.75) is 6.54 Å². The van der Waals surface area contributed by atoms with Gasteiger partial charge in [-0.15, -0.1) is 5.10 Å². The van der Waals surface area contributed by atoms with E-state index in [0.29, 0.717) is 11.7 Å². The van der Waals surface area contributed by atoms with Crippen molar-refractivity contribution in [3.8, 4) is 11.4 Å². The zero-order valence-electron chi connectivity index (χ0n) is 9.42. The second-order valence-electron chi connectivity index (χ2n) is 3.63. The van der Waals surface area contributed by atoms with E-state index in [9.17, 15) is 4.79 Å². The van der Waals surface area contributed by atoms with Crippen molar-refractivity contribution in [1.29, 1.82) is 0 Å². The molecule has 0 saturated heterocycles. The molecule has 3 rings (SSSR count). The highest BCUT2D eigenvalue weighted by atomic mass is 32.1. The number of carboxylic acid groups (broad SMARTS) is 1. The molecule has 1 N–H and O–H groups in total. The van der Waals surface area contributed by atoms with Crippen LogP contribution in [0.3, 0.4) is 0 Å². The van der Waals surface area contributed by atoms with E-state index in [1.807, 2.05) is 16.8 Å². The molecule has 0 aliphatic rings. The third kappa shape index (κ3) is 2.36. The predicted molar refractivity (Wildman–Crippen MR) is 63.7 cm³/mol. The van der Waals surface area contributed by atoms with E-state index in [-0.39, 0.29) is 12.2 Å². The predicted octanol–water partition coefficient (Wildman–Crippen LogP) is 1.14. The molecule has 0 fully saturated rings. The van der Waals surface area contributed by atoms with Gasteiger partial charge in [-0.25, -0.2) is 9.48 Å². The first-order valence-corrected chi connectivity index (χ1v) is 6.15. The van der Waals surface area contributed by atoms with E-state index < -0.39 is 5.97 Å². The lowest BCUT2D eigenvalue weighted by atomic mass is 10.3. The molecule has 0 amide bonds. The molecule has 0 unspecified atom stereocenters. The molecule has 0 saturated carbocycles. The van der Waals surface area contributed by atoms with Crippen LogP contribution in [0.1, 0.15) is 16.4 Å². The fourth-order valence-electron chi connectivity index (χ4n) is 1.44. The number of aromatic nitrogens is 5. The number of hydrogen-bond acceptors (Lipinski definition) is 7. The molecule has 0 radical (unpaired) electrons. The maximum atomic E-state index is 10.7. The van der Waals surface area contributed by atoms with E-state index in [1.54, 1.807) is 0 Å². The van der Waals surface area contributed by atoms with Crippen molar-refractivity contribution >= 4 is 17.3 Å². The largest absolute Gasteiger partial charge is 0.476 e. The topological polar surface area (TPSA) is 107 Å². The molecule has 3 aromatic heterocycles. The second kappa shape index (κ2) is 4.61. The third-order valence-electron chi connectivity index (χ3n) is 2.30. The summed E-state index contributed by atoms with van der Waals surface area (Å²) in [6, 6.07) is 1.89. The van der Waals surface area contributed by atoms with Gasteiger partial charge in [0.1, 0.15) is 6.54 Å². The van der Waals surface area contributed by atoms with Crippen molar-refractivity contribution < 1.29 is 14.4 Å². The lowest BCUT2D eigenvalue weighted by Gasteiger charge is -1.91. The SMILES string of the molecule is O=C(O)c1cn(Cc2nc(-c3ccsc3)no2)nn1. The van der Waals surface area contributed by atoms with E-state index in [0.717, 1.165) is 5.56 Å². The van der Waals surface area contributed by atoms with Crippen LogP contribution in [-0.2, 0) is 6.54 Å². The molecule has 19 heavy (non-hydrogen) atoms. The molecule has 0 aliphatic heterocycles. The van der Waals surface area contributed by atoms with Gasteiger partial charge in [0.2, 0.25) is 11.7 Å². The van der Waals surface area contributed by atoms with Crippen LogP contribution in [-0.4, -0.2) is 36.2 Å². The van der Waals surface area contributed by atoms with Crippen molar-refractivity contribution in [2.24, 2.45) is 0 Å². The minimum atomic E-state index is -1.13. The number of hydrogen-bond donors (Lipinski definition) is 1. The van der Waals surface area contributed by atoms with Gasteiger partial charge in [0.25, 0.3) is 0 Å². The third-order valence-corrected chi connectivity index (χ3v) is 2.99. The molecule has 9 heteroatoms. The van der Waals surface area contributed by atoms with Gasteiger partial charge in [-0.3, -0.25) is 0 Å². The molecule has 0 aliphatic carbocycles. The average molecular weight is 277 g/mol. The van der Waals surface area contributed by atoms with Crippen LogP contribution < -0.4 is 0 Å². The zero-order valence-corrected chi connectivity index (χ0v) is 10.2. The Bertz CT molecular complexity index is 702. The minimum Gasteiger partial charge on any atom is -0.476 e. The molecule has 0 aromatic carbocycles. The number of nitrogens with zero attached hydrogens (tertiary/aromatic N) is 5. The minimum absolute atomic E-state index is 0.127. The van der Waals surface area contributed by atoms with Crippen LogP contribution in [0.25, 0.3) is 11.4 Å². The maximum absolute atomic E-state index is 10.7. The van der Waals surface area contributed by atoms with Crippen molar-refractivity contribution in [3.05, 3.63) is 34.6 Å². The Morgan fingerprint density at radius 2 is 2.42 bits per heavy atom. The number of carboxylic acids is 1. The normalized spacial score (nSPS) is 10.7. The van der Waals surface area contributed by atoms with Gasteiger partial charge in [-0.1, -0.05) is 10.4 Å². The van der Waals surface area contributed by atoms with Gasteiger partial charge < -0.3 is 9.63 Å². The van der Waals surface area contributed by atoms with E-state index in [1.165, 1.54) is 22.2 Å². The molecule has 0 bridgehead atoms.